The van der Waals surface area contributed by atoms with Crippen LogP contribution in [0.25, 0.3) is 0 Å². The van der Waals surface area contributed by atoms with Gasteiger partial charge in [-0.3, -0.25) is 0 Å². The zero-order chi connectivity index (χ0) is 10.2. The number of aromatic nitrogens is 2. The minimum Gasteiger partial charge on any atom is -0.475 e. The summed E-state index contributed by atoms with van der Waals surface area (Å²) in [4.78, 5) is 8.11. The molecule has 14 heavy (non-hydrogen) atoms. The zero-order valence-corrected chi connectivity index (χ0v) is 8.23. The molecule has 1 rings (SSSR count). The van der Waals surface area contributed by atoms with Gasteiger partial charge < -0.3 is 15.2 Å². The number of aliphatic hydroxyl groups excluding tert-OH is 1. The number of nitrogens with zero attached hydrogens (tertiary/aromatic N) is 2. The summed E-state index contributed by atoms with van der Waals surface area (Å²) in [5, 5.41) is 11.6. The van der Waals surface area contributed by atoms with Crippen molar-refractivity contribution >= 4 is 5.95 Å². The van der Waals surface area contributed by atoms with E-state index in [1.54, 1.807) is 12.3 Å². The van der Waals surface area contributed by atoms with E-state index in [4.69, 9.17) is 9.84 Å². The molecule has 5 nitrogen and oxygen atoms in total. The van der Waals surface area contributed by atoms with Crippen molar-refractivity contribution in [1.82, 2.24) is 9.97 Å². The predicted octanol–water partition coefficient (Wildman–Crippen LogP) is 0.670. The molecule has 0 atom stereocenters. The molecule has 0 radical (unpaired) electrons. The molecule has 0 fully saturated rings. The third-order valence-corrected chi connectivity index (χ3v) is 1.50. The maximum Gasteiger partial charge on any atom is 0.225 e. The standard InChI is InChI=1S/C9H15N3O2/c1-2-4-10-9-11-5-3-8(12-9)14-7-6-13/h3,5,13H,2,4,6-7H2,1H3,(H,10,11,12). The van der Waals surface area contributed by atoms with E-state index in [2.05, 4.69) is 22.2 Å². The van der Waals surface area contributed by atoms with Crippen LogP contribution in [-0.2, 0) is 0 Å². The molecule has 1 aromatic heterocycles. The van der Waals surface area contributed by atoms with Gasteiger partial charge in [0.2, 0.25) is 11.8 Å². The highest BCUT2D eigenvalue weighted by Gasteiger charge is 1.98. The number of aliphatic hydroxyl groups is 1. The van der Waals surface area contributed by atoms with E-state index >= 15 is 0 Å². The lowest BCUT2D eigenvalue weighted by Gasteiger charge is -2.05. The Hall–Kier alpha value is -1.36. The number of hydrogen-bond acceptors (Lipinski definition) is 5. The first-order valence-electron chi connectivity index (χ1n) is 4.67. The number of rotatable bonds is 6. The van der Waals surface area contributed by atoms with Gasteiger partial charge >= 0.3 is 0 Å². The van der Waals surface area contributed by atoms with Crippen LogP contribution in [0, 0.1) is 0 Å². The summed E-state index contributed by atoms with van der Waals surface area (Å²) in [5.41, 5.74) is 0. The maximum absolute atomic E-state index is 8.55. The Morgan fingerprint density at radius 1 is 1.57 bits per heavy atom. The lowest BCUT2D eigenvalue weighted by atomic mass is 10.5. The average Bonchev–Trinajstić information content (AvgIpc) is 2.24. The Bertz CT molecular complexity index is 245. The van der Waals surface area contributed by atoms with Gasteiger partial charge in [0.1, 0.15) is 6.61 Å². The van der Waals surface area contributed by atoms with Crippen molar-refractivity contribution in [2.45, 2.75) is 13.3 Å². The molecule has 1 heterocycles. The van der Waals surface area contributed by atoms with Crippen molar-refractivity contribution in [3.63, 3.8) is 0 Å². The summed E-state index contributed by atoms with van der Waals surface area (Å²) >= 11 is 0. The minimum absolute atomic E-state index is 0.0122. The molecular weight excluding hydrogens is 182 g/mol. The summed E-state index contributed by atoms with van der Waals surface area (Å²) in [6.45, 7) is 3.15. The fourth-order valence-electron chi connectivity index (χ4n) is 0.895. The van der Waals surface area contributed by atoms with Crippen molar-refractivity contribution in [2.24, 2.45) is 0 Å². The van der Waals surface area contributed by atoms with Crippen LogP contribution in [0.15, 0.2) is 12.3 Å². The van der Waals surface area contributed by atoms with Gasteiger partial charge in [0, 0.05) is 18.8 Å². The van der Waals surface area contributed by atoms with Gasteiger partial charge in [-0.05, 0) is 6.42 Å². The Morgan fingerprint density at radius 2 is 2.43 bits per heavy atom. The predicted molar refractivity (Wildman–Crippen MR) is 53.4 cm³/mol. The van der Waals surface area contributed by atoms with E-state index in [1.807, 2.05) is 0 Å². The van der Waals surface area contributed by atoms with Crippen LogP contribution in [0.4, 0.5) is 5.95 Å². The van der Waals surface area contributed by atoms with Gasteiger partial charge in [0.05, 0.1) is 6.61 Å². The van der Waals surface area contributed by atoms with Gasteiger partial charge in [-0.1, -0.05) is 6.92 Å². The van der Waals surface area contributed by atoms with Crippen LogP contribution in [0.5, 0.6) is 5.88 Å². The van der Waals surface area contributed by atoms with E-state index in [-0.39, 0.29) is 13.2 Å². The van der Waals surface area contributed by atoms with Crippen LogP contribution in [-0.4, -0.2) is 34.8 Å². The smallest absolute Gasteiger partial charge is 0.225 e. The first kappa shape index (κ1) is 10.7. The Kier molecular flexibility index (Phi) is 4.71. The number of hydrogen-bond donors (Lipinski definition) is 2. The zero-order valence-electron chi connectivity index (χ0n) is 8.23. The Labute approximate surface area is 83.2 Å². The molecule has 0 bridgehead atoms. The second-order valence-corrected chi connectivity index (χ2v) is 2.72. The minimum atomic E-state index is -0.0122. The van der Waals surface area contributed by atoms with E-state index in [9.17, 15) is 0 Å². The van der Waals surface area contributed by atoms with Gasteiger partial charge in [-0.25, -0.2) is 4.98 Å². The number of ether oxygens (including phenoxy) is 1. The van der Waals surface area contributed by atoms with Crippen molar-refractivity contribution in [2.75, 3.05) is 25.1 Å². The Morgan fingerprint density at radius 3 is 3.14 bits per heavy atom. The summed E-state index contributed by atoms with van der Waals surface area (Å²) in [6, 6.07) is 1.66. The molecule has 0 aliphatic heterocycles. The van der Waals surface area contributed by atoms with E-state index in [1.165, 1.54) is 0 Å². The summed E-state index contributed by atoms with van der Waals surface area (Å²) in [7, 11) is 0. The second kappa shape index (κ2) is 6.15. The van der Waals surface area contributed by atoms with Crippen LogP contribution < -0.4 is 10.1 Å². The SMILES string of the molecule is CCCNc1nccc(OCCO)n1. The van der Waals surface area contributed by atoms with Crippen molar-refractivity contribution in [3.05, 3.63) is 12.3 Å². The lowest BCUT2D eigenvalue weighted by Crippen LogP contribution is -2.07. The van der Waals surface area contributed by atoms with Crippen molar-refractivity contribution in [1.29, 1.82) is 0 Å². The fourth-order valence-corrected chi connectivity index (χ4v) is 0.895. The Balaban J connectivity index is 2.50. The fraction of sp³-hybridized carbons (Fsp3) is 0.556. The summed E-state index contributed by atoms with van der Waals surface area (Å²) < 4.78 is 5.13. The average molecular weight is 197 g/mol. The third kappa shape index (κ3) is 3.57. The van der Waals surface area contributed by atoms with Gasteiger partial charge in [0.25, 0.3) is 0 Å². The topological polar surface area (TPSA) is 67.3 Å². The molecule has 0 aliphatic rings. The monoisotopic (exact) mass is 197 g/mol. The lowest BCUT2D eigenvalue weighted by molar-refractivity contribution is 0.196. The third-order valence-electron chi connectivity index (χ3n) is 1.50. The van der Waals surface area contributed by atoms with Gasteiger partial charge in [0.15, 0.2) is 0 Å². The molecule has 0 saturated carbocycles. The highest BCUT2D eigenvalue weighted by atomic mass is 16.5. The van der Waals surface area contributed by atoms with Crippen LogP contribution in [0.2, 0.25) is 0 Å². The van der Waals surface area contributed by atoms with E-state index < -0.39 is 0 Å². The van der Waals surface area contributed by atoms with Crippen LogP contribution >= 0.6 is 0 Å². The second-order valence-electron chi connectivity index (χ2n) is 2.72. The van der Waals surface area contributed by atoms with Crippen molar-refractivity contribution < 1.29 is 9.84 Å². The largest absolute Gasteiger partial charge is 0.475 e. The molecule has 78 valence electrons. The normalized spacial score (nSPS) is 9.86. The van der Waals surface area contributed by atoms with Crippen LogP contribution in [0.3, 0.4) is 0 Å². The molecule has 0 unspecified atom stereocenters. The molecule has 0 amide bonds. The molecule has 2 N–H and O–H groups in total. The molecular formula is C9H15N3O2. The first-order valence-corrected chi connectivity index (χ1v) is 4.67. The molecule has 5 heteroatoms. The quantitative estimate of drug-likeness (QED) is 0.701. The maximum atomic E-state index is 8.55. The first-order chi connectivity index (χ1) is 6.86. The number of nitrogens with one attached hydrogen (secondary N) is 1. The summed E-state index contributed by atoms with van der Waals surface area (Å²) in [6.07, 6.45) is 2.64. The summed E-state index contributed by atoms with van der Waals surface area (Å²) in [5.74, 6) is 1.04. The molecule has 0 aliphatic carbocycles. The number of anilines is 1. The highest BCUT2D eigenvalue weighted by molar-refractivity contribution is 5.27. The molecule has 0 saturated heterocycles. The molecule has 1 aromatic rings. The van der Waals surface area contributed by atoms with Gasteiger partial charge in [-0.15, -0.1) is 0 Å². The van der Waals surface area contributed by atoms with E-state index in [0.717, 1.165) is 13.0 Å². The highest BCUT2D eigenvalue weighted by Crippen LogP contribution is 2.07. The van der Waals surface area contributed by atoms with Crippen LogP contribution in [0.1, 0.15) is 13.3 Å². The molecule has 0 spiro atoms. The van der Waals surface area contributed by atoms with E-state index in [0.29, 0.717) is 11.8 Å². The van der Waals surface area contributed by atoms with Gasteiger partial charge in [-0.2, -0.15) is 4.98 Å². The molecule has 0 aromatic carbocycles. The van der Waals surface area contributed by atoms with Crippen molar-refractivity contribution in [3.8, 4) is 5.88 Å².